The van der Waals surface area contributed by atoms with Gasteiger partial charge in [0.2, 0.25) is 0 Å². The van der Waals surface area contributed by atoms with Gasteiger partial charge in [-0.05, 0) is 31.6 Å². The first kappa shape index (κ1) is 93.1. The number of ether oxygens (including phenoxy) is 4. The normalized spacial score (nSPS) is 13.9. The average Bonchev–Trinajstić information content (AvgIpc) is 2.01. The Morgan fingerprint density at radius 1 is 0.284 bits per heavy atom. The molecule has 0 aliphatic heterocycles. The minimum atomic E-state index is -4.96. The molecule has 0 saturated carbocycles. The Hall–Kier alpha value is -1.94. The van der Waals surface area contributed by atoms with E-state index in [-0.39, 0.29) is 25.7 Å². The standard InChI is InChI=1S/C76H148O17P2/c1-6-9-12-15-18-20-22-23-24-25-26-27-28-31-35-38-42-47-52-57-62-76(81)93-72(66-87-74(79)60-55-50-45-41-37-34-32-29-30-33-36-39-44-48-53-58-69(4)5)68-91-95(84,85)89-64-70(77)63-88-94(82,83)90-67-71(65-86-73(78)59-54-49-43-17-14-11-8-3)92-75(80)61-56-51-46-40-21-19-16-13-10-7-2/h69-72,77H,6-68H2,1-5H3,(H,82,83)(H,84,85)/t70-,71+,72+/m0/s1. The first-order valence-electron chi connectivity index (χ1n) is 39.6. The topological polar surface area (TPSA) is 237 Å². The molecule has 0 aromatic rings. The molecule has 19 heteroatoms. The maximum Gasteiger partial charge on any atom is 0.472 e. The van der Waals surface area contributed by atoms with Crippen LogP contribution in [0.1, 0.15) is 401 Å². The summed E-state index contributed by atoms with van der Waals surface area (Å²) < 4.78 is 68.4. The van der Waals surface area contributed by atoms with E-state index < -0.39 is 97.5 Å². The molecule has 3 N–H and O–H groups in total. The van der Waals surface area contributed by atoms with Crippen molar-refractivity contribution >= 4 is 39.5 Å². The van der Waals surface area contributed by atoms with Crippen LogP contribution in [0, 0.1) is 5.92 Å². The molecule has 0 radical (unpaired) electrons. The molecule has 0 heterocycles. The first-order valence-corrected chi connectivity index (χ1v) is 42.6. The summed E-state index contributed by atoms with van der Waals surface area (Å²) in [7, 11) is -9.90. The Balaban J connectivity index is 5.15. The molecular weight excluding hydrogens is 1250 g/mol. The van der Waals surface area contributed by atoms with E-state index in [0.717, 1.165) is 109 Å². The number of esters is 4. The van der Waals surface area contributed by atoms with E-state index in [1.54, 1.807) is 0 Å². The lowest BCUT2D eigenvalue weighted by Crippen LogP contribution is -2.30. The fourth-order valence-corrected chi connectivity index (χ4v) is 13.3. The summed E-state index contributed by atoms with van der Waals surface area (Å²) in [6.07, 6.45) is 58.5. The van der Waals surface area contributed by atoms with Crippen molar-refractivity contribution in [2.75, 3.05) is 39.6 Å². The third-order valence-corrected chi connectivity index (χ3v) is 19.7. The number of carbonyl (C=O) groups is 4. The monoisotopic (exact) mass is 1400 g/mol. The van der Waals surface area contributed by atoms with Crippen LogP contribution in [0.25, 0.3) is 0 Å². The van der Waals surface area contributed by atoms with Gasteiger partial charge in [-0.2, -0.15) is 0 Å². The molecular formula is C76H148O17P2. The lowest BCUT2D eigenvalue weighted by molar-refractivity contribution is -0.161. The van der Waals surface area contributed by atoms with E-state index in [9.17, 15) is 43.2 Å². The summed E-state index contributed by atoms with van der Waals surface area (Å²) >= 11 is 0. The van der Waals surface area contributed by atoms with Gasteiger partial charge in [-0.1, -0.05) is 349 Å². The molecule has 17 nitrogen and oxygen atoms in total. The van der Waals surface area contributed by atoms with Crippen LogP contribution in [0.15, 0.2) is 0 Å². The van der Waals surface area contributed by atoms with Gasteiger partial charge in [-0.25, -0.2) is 9.13 Å². The molecule has 0 rings (SSSR count). The summed E-state index contributed by atoms with van der Waals surface area (Å²) in [5.41, 5.74) is 0. The maximum atomic E-state index is 13.1. The van der Waals surface area contributed by atoms with Gasteiger partial charge in [-0.3, -0.25) is 37.3 Å². The Morgan fingerprint density at radius 3 is 0.716 bits per heavy atom. The Morgan fingerprint density at radius 2 is 0.484 bits per heavy atom. The van der Waals surface area contributed by atoms with E-state index in [1.807, 2.05) is 0 Å². The summed E-state index contributed by atoms with van der Waals surface area (Å²) in [5, 5.41) is 10.6. The van der Waals surface area contributed by atoms with Crippen molar-refractivity contribution in [3.63, 3.8) is 0 Å². The Labute approximate surface area is 581 Å². The number of phosphoric ester groups is 2. The highest BCUT2D eigenvalue weighted by Gasteiger charge is 2.30. The fraction of sp³-hybridized carbons (Fsp3) is 0.947. The third kappa shape index (κ3) is 70.3. The third-order valence-electron chi connectivity index (χ3n) is 17.8. The minimum Gasteiger partial charge on any atom is -0.462 e. The molecule has 0 saturated heterocycles. The highest BCUT2D eigenvalue weighted by molar-refractivity contribution is 7.47. The number of hydrogen-bond donors (Lipinski definition) is 3. The van der Waals surface area contributed by atoms with Crippen LogP contribution in [0.4, 0.5) is 0 Å². The van der Waals surface area contributed by atoms with Crippen molar-refractivity contribution < 1.29 is 80.2 Å². The minimum absolute atomic E-state index is 0.106. The highest BCUT2D eigenvalue weighted by atomic mass is 31.2. The lowest BCUT2D eigenvalue weighted by atomic mass is 10.0. The van der Waals surface area contributed by atoms with Crippen molar-refractivity contribution in [1.82, 2.24) is 0 Å². The molecule has 0 spiro atoms. The van der Waals surface area contributed by atoms with E-state index in [2.05, 4.69) is 34.6 Å². The number of aliphatic hydroxyl groups excluding tert-OH is 1. The van der Waals surface area contributed by atoms with Gasteiger partial charge in [0.05, 0.1) is 26.4 Å². The molecule has 0 aromatic carbocycles. The smallest absolute Gasteiger partial charge is 0.462 e. The summed E-state index contributed by atoms with van der Waals surface area (Å²) in [5.74, 6) is -1.31. The number of unbranched alkanes of at least 4 members (excludes halogenated alkanes) is 48. The second-order valence-electron chi connectivity index (χ2n) is 27.9. The van der Waals surface area contributed by atoms with E-state index in [1.165, 1.54) is 212 Å². The van der Waals surface area contributed by atoms with Crippen LogP contribution in [0.5, 0.6) is 0 Å². The second-order valence-corrected chi connectivity index (χ2v) is 30.8. The molecule has 0 amide bonds. The van der Waals surface area contributed by atoms with Gasteiger partial charge in [0.25, 0.3) is 0 Å². The largest absolute Gasteiger partial charge is 0.472 e. The molecule has 0 aliphatic rings. The molecule has 0 bridgehead atoms. The highest BCUT2D eigenvalue weighted by Crippen LogP contribution is 2.45. The number of carbonyl (C=O) groups excluding carboxylic acids is 4. The van der Waals surface area contributed by atoms with Crippen LogP contribution < -0.4 is 0 Å². The lowest BCUT2D eigenvalue weighted by Gasteiger charge is -2.21. The zero-order valence-corrected chi connectivity index (χ0v) is 63.6. The van der Waals surface area contributed by atoms with E-state index in [4.69, 9.17) is 37.0 Å². The van der Waals surface area contributed by atoms with Gasteiger partial charge < -0.3 is 33.8 Å². The summed E-state index contributed by atoms with van der Waals surface area (Å²) in [6.45, 7) is 7.27. The van der Waals surface area contributed by atoms with Crippen molar-refractivity contribution in [2.45, 2.75) is 419 Å². The number of hydrogen-bond acceptors (Lipinski definition) is 15. The molecule has 5 atom stereocenters. The van der Waals surface area contributed by atoms with E-state index >= 15 is 0 Å². The molecule has 2 unspecified atom stereocenters. The van der Waals surface area contributed by atoms with Gasteiger partial charge in [0.1, 0.15) is 19.3 Å². The van der Waals surface area contributed by atoms with Crippen LogP contribution in [0.2, 0.25) is 0 Å². The van der Waals surface area contributed by atoms with Gasteiger partial charge in [0.15, 0.2) is 12.2 Å². The van der Waals surface area contributed by atoms with Gasteiger partial charge >= 0.3 is 39.5 Å². The van der Waals surface area contributed by atoms with Crippen molar-refractivity contribution in [2.24, 2.45) is 5.92 Å². The van der Waals surface area contributed by atoms with E-state index in [0.29, 0.717) is 25.7 Å². The fourth-order valence-electron chi connectivity index (χ4n) is 11.7. The SMILES string of the molecule is CCCCCCCCCCCCCCCCCCCCCCC(=O)O[C@H](COC(=O)CCCCCCCCCCCCCCCCCC(C)C)COP(=O)(O)OC[C@@H](O)COP(=O)(O)OC[C@@H](COC(=O)CCCCCCCCC)OC(=O)CCCCCCCCCCCC. The second kappa shape index (κ2) is 69.2. The zero-order chi connectivity index (χ0) is 69.8. The maximum absolute atomic E-state index is 13.1. The van der Waals surface area contributed by atoms with Crippen LogP contribution in [-0.2, 0) is 65.4 Å². The summed E-state index contributed by atoms with van der Waals surface area (Å²) in [6, 6.07) is 0. The van der Waals surface area contributed by atoms with Crippen LogP contribution in [-0.4, -0.2) is 96.7 Å². The van der Waals surface area contributed by atoms with Crippen molar-refractivity contribution in [3.8, 4) is 0 Å². The molecule has 0 fully saturated rings. The van der Waals surface area contributed by atoms with Crippen LogP contribution >= 0.6 is 15.6 Å². The summed E-state index contributed by atoms with van der Waals surface area (Å²) in [4.78, 5) is 72.6. The quantitative estimate of drug-likeness (QED) is 0.0222. The predicted octanol–water partition coefficient (Wildman–Crippen LogP) is 22.5. The Bertz CT molecular complexity index is 1820. The van der Waals surface area contributed by atoms with Gasteiger partial charge in [-0.15, -0.1) is 0 Å². The average molecular weight is 1400 g/mol. The van der Waals surface area contributed by atoms with Crippen molar-refractivity contribution in [3.05, 3.63) is 0 Å². The number of aliphatic hydroxyl groups is 1. The van der Waals surface area contributed by atoms with Crippen molar-refractivity contribution in [1.29, 1.82) is 0 Å². The number of phosphoric acid groups is 2. The molecule has 0 aliphatic carbocycles. The molecule has 564 valence electrons. The van der Waals surface area contributed by atoms with Gasteiger partial charge in [0, 0.05) is 25.7 Å². The first-order chi connectivity index (χ1) is 46.0. The molecule has 95 heavy (non-hydrogen) atoms. The molecule has 0 aromatic heterocycles. The number of rotatable bonds is 76. The predicted molar refractivity (Wildman–Crippen MR) is 386 cm³/mol. The zero-order valence-electron chi connectivity index (χ0n) is 61.8. The van der Waals surface area contributed by atoms with Crippen LogP contribution in [0.3, 0.4) is 0 Å². The Kier molecular flexibility index (Phi) is 67.7.